The molecule has 112 valence electrons. The first kappa shape index (κ1) is 15.0. The first-order valence-corrected chi connectivity index (χ1v) is 6.87. The molecule has 2 aromatic rings. The van der Waals surface area contributed by atoms with Crippen molar-refractivity contribution in [2.75, 3.05) is 31.4 Å². The molecule has 5 heteroatoms. The smallest absolute Gasteiger partial charge is 0.239 e. The van der Waals surface area contributed by atoms with E-state index in [1.807, 2.05) is 49.2 Å². The number of hydrogen-bond acceptors (Lipinski definition) is 5. The van der Waals surface area contributed by atoms with Gasteiger partial charge in [-0.3, -0.25) is 0 Å². The van der Waals surface area contributed by atoms with Gasteiger partial charge in [0.05, 0.1) is 19.4 Å². The van der Waals surface area contributed by atoms with Crippen molar-refractivity contribution >= 4 is 11.5 Å². The summed E-state index contributed by atoms with van der Waals surface area (Å²) >= 11 is 0. The Bertz CT molecular complexity index is 602. The number of aromatic nitrogens is 1. The number of nitrogen functional groups attached to an aromatic ring is 1. The zero-order valence-corrected chi connectivity index (χ0v) is 12.7. The second kappa shape index (κ2) is 6.83. The molecule has 0 amide bonds. The lowest BCUT2D eigenvalue weighted by molar-refractivity contribution is 0.329. The number of pyridine rings is 1. The van der Waals surface area contributed by atoms with Gasteiger partial charge in [-0.2, -0.15) is 4.98 Å². The van der Waals surface area contributed by atoms with Crippen LogP contribution >= 0.6 is 0 Å². The summed E-state index contributed by atoms with van der Waals surface area (Å²) in [7, 11) is 3.65. The lowest BCUT2D eigenvalue weighted by atomic mass is 10.2. The summed E-state index contributed by atoms with van der Waals surface area (Å²) < 4.78 is 10.7. The summed E-state index contributed by atoms with van der Waals surface area (Å²) in [6.07, 6.45) is 0. The maximum atomic E-state index is 5.84. The molecule has 0 bridgehead atoms. The van der Waals surface area contributed by atoms with Crippen LogP contribution in [0.4, 0.5) is 11.5 Å². The third kappa shape index (κ3) is 3.78. The molecule has 0 atom stereocenters. The van der Waals surface area contributed by atoms with Gasteiger partial charge in [0.25, 0.3) is 0 Å². The quantitative estimate of drug-likeness (QED) is 0.885. The lowest BCUT2D eigenvalue weighted by Crippen LogP contribution is -2.18. The topological polar surface area (TPSA) is 60.6 Å². The Balaban J connectivity index is 2.15. The first-order chi connectivity index (χ1) is 10.1. The normalized spacial score (nSPS) is 10.2. The largest absolute Gasteiger partial charge is 0.497 e. The number of ether oxygens (including phenoxy) is 2. The van der Waals surface area contributed by atoms with Crippen LogP contribution in [0.15, 0.2) is 36.4 Å². The summed E-state index contributed by atoms with van der Waals surface area (Å²) in [6.45, 7) is 3.17. The van der Waals surface area contributed by atoms with Crippen molar-refractivity contribution in [3.8, 4) is 11.6 Å². The molecule has 0 aliphatic heterocycles. The third-order valence-corrected chi connectivity index (χ3v) is 3.10. The van der Waals surface area contributed by atoms with E-state index in [1.54, 1.807) is 7.11 Å². The highest BCUT2D eigenvalue weighted by Gasteiger charge is 2.08. The van der Waals surface area contributed by atoms with E-state index in [4.69, 9.17) is 15.2 Å². The van der Waals surface area contributed by atoms with Crippen LogP contribution in [0.2, 0.25) is 0 Å². The summed E-state index contributed by atoms with van der Waals surface area (Å²) in [4.78, 5) is 6.49. The number of benzene rings is 1. The fourth-order valence-electron chi connectivity index (χ4n) is 2.03. The van der Waals surface area contributed by atoms with Gasteiger partial charge in [-0.05, 0) is 36.8 Å². The Labute approximate surface area is 125 Å². The van der Waals surface area contributed by atoms with Crippen molar-refractivity contribution in [1.29, 1.82) is 0 Å². The van der Waals surface area contributed by atoms with Crippen LogP contribution < -0.4 is 20.1 Å². The number of nitrogens with two attached hydrogens (primary N) is 1. The van der Waals surface area contributed by atoms with E-state index in [9.17, 15) is 0 Å². The molecule has 1 heterocycles. The molecular formula is C16H21N3O2. The lowest BCUT2D eigenvalue weighted by Gasteiger charge is -2.19. The van der Waals surface area contributed by atoms with Crippen molar-refractivity contribution in [1.82, 2.24) is 4.98 Å². The molecule has 0 fully saturated rings. The molecule has 0 spiro atoms. The minimum Gasteiger partial charge on any atom is -0.497 e. The Morgan fingerprint density at radius 2 is 2.05 bits per heavy atom. The molecule has 0 saturated carbocycles. The van der Waals surface area contributed by atoms with E-state index >= 15 is 0 Å². The number of rotatable bonds is 6. The van der Waals surface area contributed by atoms with Crippen LogP contribution in [-0.4, -0.2) is 25.7 Å². The van der Waals surface area contributed by atoms with Gasteiger partial charge in [0, 0.05) is 13.6 Å². The van der Waals surface area contributed by atoms with E-state index in [-0.39, 0.29) is 0 Å². The SMILES string of the molecule is CCOc1nc(N(C)Cc2cccc(OC)c2)ccc1N. The molecule has 2 N–H and O–H groups in total. The second-order valence-corrected chi connectivity index (χ2v) is 4.70. The highest BCUT2D eigenvalue weighted by Crippen LogP contribution is 2.24. The van der Waals surface area contributed by atoms with Gasteiger partial charge >= 0.3 is 0 Å². The predicted octanol–water partition coefficient (Wildman–Crippen LogP) is 2.71. The number of methoxy groups -OCH3 is 1. The van der Waals surface area contributed by atoms with E-state index in [2.05, 4.69) is 11.1 Å². The van der Waals surface area contributed by atoms with Crippen molar-refractivity contribution in [2.24, 2.45) is 0 Å². The standard InChI is InChI=1S/C16H21N3O2/c1-4-21-16-14(17)8-9-15(18-16)19(2)11-12-6-5-7-13(10-12)20-3/h5-10H,4,11,17H2,1-3H3. The van der Waals surface area contributed by atoms with Crippen LogP contribution in [0.5, 0.6) is 11.6 Å². The van der Waals surface area contributed by atoms with Gasteiger partial charge in [-0.25, -0.2) is 0 Å². The van der Waals surface area contributed by atoms with Crippen LogP contribution in [0.3, 0.4) is 0 Å². The van der Waals surface area contributed by atoms with Gasteiger partial charge in [0.2, 0.25) is 5.88 Å². The van der Waals surface area contributed by atoms with Gasteiger partial charge in [-0.1, -0.05) is 12.1 Å². The Morgan fingerprint density at radius 3 is 2.76 bits per heavy atom. The predicted molar refractivity (Wildman–Crippen MR) is 84.9 cm³/mol. The third-order valence-electron chi connectivity index (χ3n) is 3.10. The molecule has 21 heavy (non-hydrogen) atoms. The highest BCUT2D eigenvalue weighted by atomic mass is 16.5. The van der Waals surface area contributed by atoms with Crippen LogP contribution in [0.1, 0.15) is 12.5 Å². The number of hydrogen-bond donors (Lipinski definition) is 1. The Hall–Kier alpha value is -2.43. The number of nitrogens with zero attached hydrogens (tertiary/aromatic N) is 2. The molecule has 0 aliphatic carbocycles. The van der Waals surface area contributed by atoms with E-state index in [1.165, 1.54) is 0 Å². The van der Waals surface area contributed by atoms with Gasteiger partial charge in [-0.15, -0.1) is 0 Å². The molecule has 1 aromatic carbocycles. The van der Waals surface area contributed by atoms with Crippen LogP contribution in [0, 0.1) is 0 Å². The van der Waals surface area contributed by atoms with E-state index in [0.717, 1.165) is 23.7 Å². The number of anilines is 2. The summed E-state index contributed by atoms with van der Waals surface area (Å²) in [6, 6.07) is 11.7. The average molecular weight is 287 g/mol. The molecule has 5 nitrogen and oxygen atoms in total. The molecule has 2 rings (SSSR count). The zero-order chi connectivity index (χ0) is 15.2. The molecule has 0 aliphatic rings. The van der Waals surface area contributed by atoms with Crippen LogP contribution in [-0.2, 0) is 6.54 Å². The van der Waals surface area contributed by atoms with Crippen molar-refractivity contribution in [2.45, 2.75) is 13.5 Å². The van der Waals surface area contributed by atoms with Crippen molar-refractivity contribution in [3.63, 3.8) is 0 Å². The Kier molecular flexibility index (Phi) is 4.87. The van der Waals surface area contributed by atoms with Gasteiger partial charge in [0.15, 0.2) is 0 Å². The Morgan fingerprint density at radius 1 is 1.24 bits per heavy atom. The monoisotopic (exact) mass is 287 g/mol. The molecule has 0 radical (unpaired) electrons. The fraction of sp³-hybridized carbons (Fsp3) is 0.312. The summed E-state index contributed by atoms with van der Waals surface area (Å²) in [5, 5.41) is 0. The summed E-state index contributed by atoms with van der Waals surface area (Å²) in [5.41, 5.74) is 7.54. The maximum Gasteiger partial charge on any atom is 0.239 e. The van der Waals surface area contributed by atoms with E-state index < -0.39 is 0 Å². The second-order valence-electron chi connectivity index (χ2n) is 4.70. The molecule has 1 aromatic heterocycles. The first-order valence-electron chi connectivity index (χ1n) is 6.87. The van der Waals surface area contributed by atoms with Crippen molar-refractivity contribution in [3.05, 3.63) is 42.0 Å². The molecule has 0 saturated heterocycles. The minimum atomic E-state index is 0.479. The summed E-state index contributed by atoms with van der Waals surface area (Å²) in [5.74, 6) is 2.14. The molecule has 0 unspecified atom stereocenters. The highest BCUT2D eigenvalue weighted by molar-refractivity contribution is 5.54. The molecular weight excluding hydrogens is 266 g/mol. The fourth-order valence-corrected chi connectivity index (χ4v) is 2.03. The minimum absolute atomic E-state index is 0.479. The zero-order valence-electron chi connectivity index (χ0n) is 12.7. The van der Waals surface area contributed by atoms with Crippen LogP contribution in [0.25, 0.3) is 0 Å². The van der Waals surface area contributed by atoms with Crippen molar-refractivity contribution < 1.29 is 9.47 Å². The maximum absolute atomic E-state index is 5.84. The van der Waals surface area contributed by atoms with E-state index in [0.29, 0.717) is 18.2 Å². The average Bonchev–Trinajstić information content (AvgIpc) is 2.50. The van der Waals surface area contributed by atoms with Gasteiger partial charge < -0.3 is 20.1 Å². The van der Waals surface area contributed by atoms with Gasteiger partial charge in [0.1, 0.15) is 11.6 Å².